The largest absolute Gasteiger partial charge is 0.392 e. The number of carbonyl (C=O) groups is 2. The molecule has 73 heavy (non-hydrogen) atoms. The summed E-state index contributed by atoms with van der Waals surface area (Å²) in [6.45, 7) is 13.9. The van der Waals surface area contributed by atoms with Crippen LogP contribution < -0.4 is 10.6 Å². The Bertz CT molecular complexity index is 1130. The SMILES string of the molecule is CCCCCCCCCCC(O)CN(CCCC(=O)NC(CCSSCCCCN(CC(O)CCCCCCCC)CC(O)CCCCCCCC)C(=O)NCCN(C)C)CC(O)CCCCCCCCCC. The second kappa shape index (κ2) is 54.7. The summed E-state index contributed by atoms with van der Waals surface area (Å²) in [6, 6.07) is -0.611. The number of nitrogens with one attached hydrogen (secondary N) is 2. The first-order valence-corrected chi connectivity index (χ1v) is 33.6. The van der Waals surface area contributed by atoms with Gasteiger partial charge in [0.25, 0.3) is 0 Å². The maximum absolute atomic E-state index is 13.5. The fourth-order valence-electron chi connectivity index (χ4n) is 9.72. The standard InChI is InChI=1S/C60H123N5O6S2/c1-7-11-15-19-23-25-29-33-40-56(68)52-65(53-57(69)41-34-30-26-24-20-16-12-8-2)46-37-42-59(70)62-58(60(71)61-44-47-63(5)6)43-49-73-72-48-36-35-45-64(50-54(66)38-31-27-21-17-13-9-3)51-55(67)39-32-28-22-18-14-10-4/h54-58,66-69H,7-53H2,1-6H3,(H,61,71)(H,62,70). The van der Waals surface area contributed by atoms with Crippen LogP contribution in [0, 0.1) is 0 Å². The minimum atomic E-state index is -0.611. The van der Waals surface area contributed by atoms with Crippen molar-refractivity contribution in [2.75, 3.05) is 78.0 Å². The Morgan fingerprint density at radius 3 is 1.12 bits per heavy atom. The van der Waals surface area contributed by atoms with Crippen molar-refractivity contribution in [1.82, 2.24) is 25.3 Å². The van der Waals surface area contributed by atoms with Crippen molar-refractivity contribution in [3.8, 4) is 0 Å². The number of unbranched alkanes of at least 4 members (excludes halogenated alkanes) is 25. The van der Waals surface area contributed by atoms with Crippen LogP contribution in [0.15, 0.2) is 0 Å². The molecule has 5 atom stereocenters. The van der Waals surface area contributed by atoms with Crippen molar-refractivity contribution in [3.63, 3.8) is 0 Å². The normalized spacial score (nSPS) is 14.0. The molecule has 0 rings (SSSR count). The third-order valence-corrected chi connectivity index (χ3v) is 16.9. The van der Waals surface area contributed by atoms with Gasteiger partial charge in [-0.05, 0) is 78.6 Å². The average molecular weight is 1070 g/mol. The summed E-state index contributed by atoms with van der Waals surface area (Å²) in [5.74, 6) is 1.43. The Morgan fingerprint density at radius 2 is 0.753 bits per heavy atom. The van der Waals surface area contributed by atoms with Gasteiger partial charge in [-0.2, -0.15) is 0 Å². The Balaban J connectivity index is 5.21. The van der Waals surface area contributed by atoms with Crippen molar-refractivity contribution in [2.24, 2.45) is 0 Å². The Kier molecular flexibility index (Phi) is 54.2. The van der Waals surface area contributed by atoms with Gasteiger partial charge in [-0.1, -0.05) is 229 Å². The first kappa shape index (κ1) is 72.4. The van der Waals surface area contributed by atoms with E-state index in [2.05, 4.69) is 48.1 Å². The number of aliphatic hydroxyl groups excluding tert-OH is 4. The Morgan fingerprint density at radius 1 is 0.411 bits per heavy atom. The van der Waals surface area contributed by atoms with E-state index in [9.17, 15) is 30.0 Å². The van der Waals surface area contributed by atoms with Crippen molar-refractivity contribution in [1.29, 1.82) is 0 Å². The summed E-state index contributed by atoms with van der Waals surface area (Å²) in [7, 11) is 7.52. The van der Waals surface area contributed by atoms with Gasteiger partial charge in [0.1, 0.15) is 6.04 Å². The molecule has 0 radical (unpaired) electrons. The highest BCUT2D eigenvalue weighted by molar-refractivity contribution is 8.76. The summed E-state index contributed by atoms with van der Waals surface area (Å²) in [5.41, 5.74) is 0. The minimum Gasteiger partial charge on any atom is -0.392 e. The summed E-state index contributed by atoms with van der Waals surface area (Å²) in [4.78, 5) is 33.4. The minimum absolute atomic E-state index is 0.136. The third kappa shape index (κ3) is 50.6. The molecule has 0 aromatic carbocycles. The van der Waals surface area contributed by atoms with E-state index in [1.165, 1.54) is 141 Å². The number of hydrogen-bond acceptors (Lipinski definition) is 11. The lowest BCUT2D eigenvalue weighted by Gasteiger charge is -2.27. The molecule has 11 nitrogen and oxygen atoms in total. The molecule has 0 spiro atoms. The summed E-state index contributed by atoms with van der Waals surface area (Å²) >= 11 is 0. The van der Waals surface area contributed by atoms with E-state index in [0.29, 0.717) is 52.1 Å². The predicted molar refractivity (Wildman–Crippen MR) is 319 cm³/mol. The van der Waals surface area contributed by atoms with Crippen molar-refractivity contribution < 1.29 is 30.0 Å². The Hall–Kier alpha value is -0.640. The van der Waals surface area contributed by atoms with Gasteiger partial charge in [0.2, 0.25) is 11.8 Å². The van der Waals surface area contributed by atoms with Crippen LogP contribution in [0.1, 0.15) is 265 Å². The first-order valence-electron chi connectivity index (χ1n) is 31.1. The zero-order chi connectivity index (χ0) is 53.8. The number of nitrogens with zero attached hydrogens (tertiary/aromatic N) is 3. The van der Waals surface area contributed by atoms with Crippen molar-refractivity contribution in [2.45, 2.75) is 296 Å². The van der Waals surface area contributed by atoms with Crippen molar-refractivity contribution in [3.05, 3.63) is 0 Å². The molecule has 0 aliphatic heterocycles. The molecule has 0 saturated carbocycles. The summed E-state index contributed by atoms with van der Waals surface area (Å²) in [5, 5.41) is 50.3. The van der Waals surface area contributed by atoms with Crippen molar-refractivity contribution >= 4 is 33.4 Å². The number of aliphatic hydroxyl groups is 4. The smallest absolute Gasteiger partial charge is 0.242 e. The zero-order valence-corrected chi connectivity index (χ0v) is 50.5. The molecular formula is C60H123N5O6S2. The van der Waals surface area contributed by atoms with E-state index in [1.54, 1.807) is 10.8 Å². The monoisotopic (exact) mass is 1070 g/mol. The molecule has 0 heterocycles. The van der Waals surface area contributed by atoms with Crippen LogP contribution in [0.2, 0.25) is 0 Å². The second-order valence-corrected chi connectivity index (χ2v) is 24.9. The lowest BCUT2D eigenvalue weighted by molar-refractivity contribution is -0.129. The van der Waals surface area contributed by atoms with Gasteiger partial charge in [0.15, 0.2) is 0 Å². The van der Waals surface area contributed by atoms with E-state index in [0.717, 1.165) is 102 Å². The summed E-state index contributed by atoms with van der Waals surface area (Å²) < 4.78 is 0. The number of rotatable bonds is 58. The van der Waals surface area contributed by atoms with Crippen LogP contribution in [0.5, 0.6) is 0 Å². The van der Waals surface area contributed by atoms with Gasteiger partial charge in [0.05, 0.1) is 24.4 Å². The molecule has 0 aliphatic carbocycles. The molecule has 2 amide bonds. The molecule has 0 aromatic heterocycles. The van der Waals surface area contributed by atoms with Crippen LogP contribution in [0.4, 0.5) is 0 Å². The number of likely N-dealkylation sites (N-methyl/N-ethyl adjacent to an activating group) is 1. The lowest BCUT2D eigenvalue weighted by atomic mass is 10.0. The van der Waals surface area contributed by atoms with E-state index >= 15 is 0 Å². The molecule has 0 fully saturated rings. The summed E-state index contributed by atoms with van der Waals surface area (Å²) in [6.07, 6.45) is 39.2. The van der Waals surface area contributed by atoms with Crippen LogP contribution in [-0.2, 0) is 9.59 Å². The topological polar surface area (TPSA) is 149 Å². The maximum atomic E-state index is 13.5. The quantitative estimate of drug-likeness (QED) is 0.0255. The fourth-order valence-corrected chi connectivity index (χ4v) is 12.0. The zero-order valence-electron chi connectivity index (χ0n) is 48.9. The molecule has 0 saturated heterocycles. The molecule has 6 N–H and O–H groups in total. The van der Waals surface area contributed by atoms with Crippen LogP contribution in [0.25, 0.3) is 0 Å². The molecular weight excluding hydrogens is 951 g/mol. The van der Waals surface area contributed by atoms with Gasteiger partial charge < -0.3 is 36.0 Å². The first-order chi connectivity index (χ1) is 35.4. The van der Waals surface area contributed by atoms with Crippen LogP contribution >= 0.6 is 21.6 Å². The number of hydrogen-bond donors (Lipinski definition) is 6. The van der Waals surface area contributed by atoms with E-state index in [4.69, 9.17) is 0 Å². The van der Waals surface area contributed by atoms with Crippen LogP contribution in [0.3, 0.4) is 0 Å². The van der Waals surface area contributed by atoms with Gasteiger partial charge in [-0.25, -0.2) is 0 Å². The fraction of sp³-hybridized carbons (Fsp3) is 0.967. The maximum Gasteiger partial charge on any atom is 0.242 e. The molecule has 0 bridgehead atoms. The highest BCUT2D eigenvalue weighted by Crippen LogP contribution is 2.24. The van der Waals surface area contributed by atoms with E-state index in [-0.39, 0.29) is 30.4 Å². The molecule has 0 aromatic rings. The molecule has 0 aliphatic rings. The van der Waals surface area contributed by atoms with Gasteiger partial charge in [-0.3, -0.25) is 19.4 Å². The number of amides is 2. The highest BCUT2D eigenvalue weighted by atomic mass is 33.1. The third-order valence-electron chi connectivity index (χ3n) is 14.4. The average Bonchev–Trinajstić information content (AvgIpc) is 3.35. The van der Waals surface area contributed by atoms with Gasteiger partial charge >= 0.3 is 0 Å². The second-order valence-electron chi connectivity index (χ2n) is 22.2. The molecule has 13 heteroatoms. The number of carbonyl (C=O) groups excluding carboxylic acids is 2. The Labute approximate surface area is 460 Å². The van der Waals surface area contributed by atoms with E-state index < -0.39 is 18.2 Å². The van der Waals surface area contributed by atoms with E-state index in [1.807, 2.05) is 29.8 Å². The van der Waals surface area contributed by atoms with Gasteiger partial charge in [-0.15, -0.1) is 0 Å². The highest BCUT2D eigenvalue weighted by Gasteiger charge is 2.22. The molecule has 436 valence electrons. The van der Waals surface area contributed by atoms with Crippen LogP contribution in [-0.4, -0.2) is 155 Å². The lowest BCUT2D eigenvalue weighted by Crippen LogP contribution is -2.48. The van der Waals surface area contributed by atoms with Gasteiger partial charge in [0, 0.05) is 57.2 Å². The molecule has 5 unspecified atom stereocenters. The predicted octanol–water partition coefficient (Wildman–Crippen LogP) is 13.1.